The molecule has 0 aliphatic carbocycles. The normalized spacial score (nSPS) is 12.5. The highest BCUT2D eigenvalue weighted by Crippen LogP contribution is 2.23. The number of amides is 1. The van der Waals surface area contributed by atoms with Gasteiger partial charge >= 0.3 is 0 Å². The van der Waals surface area contributed by atoms with Gasteiger partial charge in [-0.25, -0.2) is 4.98 Å². The number of nitrogens with zero attached hydrogens (tertiary/aromatic N) is 1. The van der Waals surface area contributed by atoms with Crippen LogP contribution in [-0.4, -0.2) is 15.9 Å². The molecule has 3 aromatic rings. The van der Waals surface area contributed by atoms with Crippen LogP contribution in [0, 0.1) is 5.92 Å². The average molecular weight is 342 g/mol. The van der Waals surface area contributed by atoms with Gasteiger partial charge in [0.2, 0.25) is 0 Å². The van der Waals surface area contributed by atoms with Gasteiger partial charge in [0.25, 0.3) is 5.91 Å². The molecule has 124 valence electrons. The smallest absolute Gasteiger partial charge is 0.253 e. The molecule has 0 saturated heterocycles. The maximum absolute atomic E-state index is 12.6. The van der Waals surface area contributed by atoms with Gasteiger partial charge in [0, 0.05) is 0 Å². The van der Waals surface area contributed by atoms with Crippen molar-refractivity contribution in [2.45, 2.75) is 26.3 Å². The zero-order valence-corrected chi connectivity index (χ0v) is 14.5. The van der Waals surface area contributed by atoms with E-state index in [-0.39, 0.29) is 11.9 Å². The molecule has 0 radical (unpaired) electrons. The SMILES string of the molecule is CC(C)CC(NC(=O)c1ccccc1Cl)c1nc2ccccc2[nH]1. The lowest BCUT2D eigenvalue weighted by atomic mass is 10.0. The lowest BCUT2D eigenvalue weighted by molar-refractivity contribution is 0.0930. The summed E-state index contributed by atoms with van der Waals surface area (Å²) in [7, 11) is 0. The van der Waals surface area contributed by atoms with Gasteiger partial charge in [-0.1, -0.05) is 49.7 Å². The molecule has 1 unspecified atom stereocenters. The monoisotopic (exact) mass is 341 g/mol. The molecule has 0 fully saturated rings. The molecule has 2 N–H and O–H groups in total. The van der Waals surface area contributed by atoms with Crippen LogP contribution in [0.25, 0.3) is 11.0 Å². The summed E-state index contributed by atoms with van der Waals surface area (Å²) >= 11 is 6.13. The third-order valence-corrected chi connectivity index (χ3v) is 4.20. The topological polar surface area (TPSA) is 57.8 Å². The van der Waals surface area contributed by atoms with Gasteiger partial charge in [0.05, 0.1) is 27.7 Å². The molecule has 1 atom stereocenters. The molecule has 4 nitrogen and oxygen atoms in total. The molecular weight excluding hydrogens is 322 g/mol. The van der Waals surface area contributed by atoms with E-state index in [0.717, 1.165) is 23.3 Å². The highest BCUT2D eigenvalue weighted by atomic mass is 35.5. The number of hydrogen-bond donors (Lipinski definition) is 2. The van der Waals surface area contributed by atoms with Crippen molar-refractivity contribution < 1.29 is 4.79 Å². The van der Waals surface area contributed by atoms with Crippen LogP contribution in [0.15, 0.2) is 48.5 Å². The number of hydrogen-bond acceptors (Lipinski definition) is 2. The standard InChI is InChI=1S/C19H20ClN3O/c1-12(2)11-17(18-21-15-9-5-6-10-16(15)22-18)23-19(24)13-7-3-4-8-14(13)20/h3-10,12,17H,11H2,1-2H3,(H,21,22)(H,23,24). The van der Waals surface area contributed by atoms with Crippen molar-refractivity contribution in [3.05, 3.63) is 64.9 Å². The predicted molar refractivity (Wildman–Crippen MR) is 97.2 cm³/mol. The number of benzene rings is 2. The van der Waals surface area contributed by atoms with E-state index in [2.05, 4.69) is 29.1 Å². The van der Waals surface area contributed by atoms with Crippen LogP contribution in [0.3, 0.4) is 0 Å². The van der Waals surface area contributed by atoms with Crippen molar-refractivity contribution in [2.75, 3.05) is 0 Å². The molecule has 1 heterocycles. The molecule has 0 bridgehead atoms. The van der Waals surface area contributed by atoms with Crippen molar-refractivity contribution >= 4 is 28.5 Å². The molecule has 5 heteroatoms. The predicted octanol–water partition coefficient (Wildman–Crippen LogP) is 4.73. The Bertz CT molecular complexity index is 823. The van der Waals surface area contributed by atoms with Crippen molar-refractivity contribution in [2.24, 2.45) is 5.92 Å². The molecule has 2 aromatic carbocycles. The van der Waals surface area contributed by atoms with E-state index in [1.807, 2.05) is 30.3 Å². The van der Waals surface area contributed by atoms with Crippen molar-refractivity contribution in [3.8, 4) is 0 Å². The summed E-state index contributed by atoms with van der Waals surface area (Å²) in [5, 5.41) is 3.51. The van der Waals surface area contributed by atoms with Crippen molar-refractivity contribution in [3.63, 3.8) is 0 Å². The summed E-state index contributed by atoms with van der Waals surface area (Å²) in [6, 6.07) is 14.7. The number of rotatable bonds is 5. The summed E-state index contributed by atoms with van der Waals surface area (Å²) in [6.07, 6.45) is 0.788. The van der Waals surface area contributed by atoms with Crippen molar-refractivity contribution in [1.29, 1.82) is 0 Å². The Labute approximate surface area is 146 Å². The fourth-order valence-electron chi connectivity index (χ4n) is 2.73. The lowest BCUT2D eigenvalue weighted by Gasteiger charge is -2.19. The zero-order chi connectivity index (χ0) is 17.1. The fraction of sp³-hybridized carbons (Fsp3) is 0.263. The number of nitrogens with one attached hydrogen (secondary N) is 2. The Balaban J connectivity index is 1.89. The summed E-state index contributed by atoms with van der Waals surface area (Å²) in [6.45, 7) is 4.24. The molecule has 1 amide bonds. The molecule has 0 spiro atoms. The summed E-state index contributed by atoms with van der Waals surface area (Å²) in [4.78, 5) is 20.6. The van der Waals surface area contributed by atoms with Crippen LogP contribution in [0.1, 0.15) is 42.5 Å². The number of carbonyl (C=O) groups is 1. The van der Waals surface area contributed by atoms with Gasteiger partial charge in [-0.2, -0.15) is 0 Å². The van der Waals surface area contributed by atoms with E-state index < -0.39 is 0 Å². The maximum atomic E-state index is 12.6. The third-order valence-electron chi connectivity index (χ3n) is 3.87. The second kappa shape index (κ2) is 7.05. The molecule has 0 aliphatic rings. The van der Waals surface area contributed by atoms with E-state index >= 15 is 0 Å². The number of imidazole rings is 1. The maximum Gasteiger partial charge on any atom is 0.253 e. The molecular formula is C19H20ClN3O. The second-order valence-corrected chi connectivity index (χ2v) is 6.68. The Hall–Kier alpha value is -2.33. The van der Waals surface area contributed by atoms with Crippen LogP contribution >= 0.6 is 11.6 Å². The fourth-order valence-corrected chi connectivity index (χ4v) is 2.95. The molecule has 0 saturated carbocycles. The minimum atomic E-state index is -0.193. The lowest BCUT2D eigenvalue weighted by Crippen LogP contribution is -2.30. The number of para-hydroxylation sites is 2. The van der Waals surface area contributed by atoms with Gasteiger partial charge in [0.1, 0.15) is 5.82 Å². The Morgan fingerprint density at radius 2 is 1.88 bits per heavy atom. The third kappa shape index (κ3) is 3.60. The first kappa shape index (κ1) is 16.5. The highest BCUT2D eigenvalue weighted by molar-refractivity contribution is 6.33. The number of fused-ring (bicyclic) bond motifs is 1. The van der Waals surface area contributed by atoms with Gasteiger partial charge in [-0.3, -0.25) is 4.79 Å². The first-order chi connectivity index (χ1) is 11.5. The number of carbonyl (C=O) groups excluding carboxylic acids is 1. The molecule has 1 aromatic heterocycles. The van der Waals surface area contributed by atoms with Crippen LogP contribution in [0.5, 0.6) is 0 Å². The van der Waals surface area contributed by atoms with E-state index in [0.29, 0.717) is 16.5 Å². The Morgan fingerprint density at radius 3 is 2.58 bits per heavy atom. The highest BCUT2D eigenvalue weighted by Gasteiger charge is 2.21. The van der Waals surface area contributed by atoms with Gasteiger partial charge in [-0.05, 0) is 36.6 Å². The first-order valence-corrected chi connectivity index (χ1v) is 8.42. The van der Waals surface area contributed by atoms with Gasteiger partial charge in [0.15, 0.2) is 0 Å². The number of aromatic nitrogens is 2. The quantitative estimate of drug-likeness (QED) is 0.704. The Kier molecular flexibility index (Phi) is 4.86. The minimum Gasteiger partial charge on any atom is -0.342 e. The van der Waals surface area contributed by atoms with Gasteiger partial charge in [-0.15, -0.1) is 0 Å². The minimum absolute atomic E-state index is 0.188. The van der Waals surface area contributed by atoms with Crippen LogP contribution in [0.4, 0.5) is 0 Å². The second-order valence-electron chi connectivity index (χ2n) is 6.27. The van der Waals surface area contributed by atoms with Gasteiger partial charge < -0.3 is 10.3 Å². The average Bonchev–Trinajstić information content (AvgIpc) is 2.98. The van der Waals surface area contributed by atoms with E-state index in [4.69, 9.17) is 11.6 Å². The van der Waals surface area contributed by atoms with Crippen LogP contribution < -0.4 is 5.32 Å². The molecule has 3 rings (SSSR count). The van der Waals surface area contributed by atoms with E-state index in [9.17, 15) is 4.79 Å². The zero-order valence-electron chi connectivity index (χ0n) is 13.7. The number of halogens is 1. The number of aromatic amines is 1. The van der Waals surface area contributed by atoms with E-state index in [1.54, 1.807) is 18.2 Å². The summed E-state index contributed by atoms with van der Waals surface area (Å²) in [5.41, 5.74) is 2.34. The molecule has 0 aliphatic heterocycles. The first-order valence-electron chi connectivity index (χ1n) is 8.04. The van der Waals surface area contributed by atoms with E-state index in [1.165, 1.54) is 0 Å². The van der Waals surface area contributed by atoms with Crippen LogP contribution in [0.2, 0.25) is 5.02 Å². The summed E-state index contributed by atoms with van der Waals surface area (Å²) < 4.78 is 0. The Morgan fingerprint density at radius 1 is 1.17 bits per heavy atom. The van der Waals surface area contributed by atoms with Crippen molar-refractivity contribution in [1.82, 2.24) is 15.3 Å². The largest absolute Gasteiger partial charge is 0.342 e. The van der Waals surface area contributed by atoms with Crippen LogP contribution in [-0.2, 0) is 0 Å². The summed E-state index contributed by atoms with van der Waals surface area (Å²) in [5.74, 6) is 0.992. The number of H-pyrrole nitrogens is 1. The molecule has 24 heavy (non-hydrogen) atoms.